The summed E-state index contributed by atoms with van der Waals surface area (Å²) >= 11 is 2.08. The van der Waals surface area contributed by atoms with Crippen molar-refractivity contribution in [3.8, 4) is 0 Å². The van der Waals surface area contributed by atoms with E-state index in [1.165, 1.54) is 0 Å². The maximum absolute atomic E-state index is 11.7. The summed E-state index contributed by atoms with van der Waals surface area (Å²) in [6.07, 6.45) is -0.0822. The van der Waals surface area contributed by atoms with Gasteiger partial charge in [0.1, 0.15) is 12.4 Å². The van der Waals surface area contributed by atoms with Crippen LogP contribution in [-0.4, -0.2) is 43.8 Å². The number of nitrogens with one attached hydrogen (secondary N) is 1. The van der Waals surface area contributed by atoms with Crippen LogP contribution in [-0.2, 0) is 19.6 Å². The second-order valence-electron chi connectivity index (χ2n) is 4.02. The van der Waals surface area contributed by atoms with Gasteiger partial charge in [0.05, 0.1) is 6.42 Å². The van der Waals surface area contributed by atoms with Gasteiger partial charge in [0.25, 0.3) is 16.0 Å². The predicted molar refractivity (Wildman–Crippen MR) is 83.5 cm³/mol. The highest BCUT2D eigenvalue weighted by Gasteiger charge is 2.09. The van der Waals surface area contributed by atoms with E-state index >= 15 is 0 Å². The van der Waals surface area contributed by atoms with Gasteiger partial charge >= 0.3 is 5.97 Å². The minimum Gasteiger partial charge on any atom is -0.464 e. The van der Waals surface area contributed by atoms with Crippen LogP contribution in [0.4, 0.5) is 0 Å². The largest absolute Gasteiger partial charge is 0.464 e. The van der Waals surface area contributed by atoms with Crippen LogP contribution in [0.3, 0.4) is 0 Å². The molecule has 0 aliphatic heterocycles. The van der Waals surface area contributed by atoms with Crippen LogP contribution < -0.4 is 5.32 Å². The molecule has 116 valence electrons. The molecule has 2 N–H and O–H groups in total. The summed E-state index contributed by atoms with van der Waals surface area (Å²) in [6.45, 7) is -0.336. The fourth-order valence-corrected chi connectivity index (χ4v) is 2.18. The summed E-state index contributed by atoms with van der Waals surface area (Å²) in [7, 11) is -4.14. The molecule has 0 bridgehead atoms. The number of amides is 1. The Morgan fingerprint density at radius 1 is 1.33 bits per heavy atom. The standard InChI is InChI=1S/C12H14INO6S/c13-10-3-1-2-9(8-10)12(16)14-5-4-11(15)20-6-7-21(17,18)19/h1-3,8H,4-7H2,(H,14,16)(H,17,18,19). The van der Waals surface area contributed by atoms with Crippen LogP contribution in [0, 0.1) is 3.57 Å². The molecule has 0 atom stereocenters. The van der Waals surface area contributed by atoms with Gasteiger partial charge in [-0.3, -0.25) is 14.1 Å². The third-order valence-electron chi connectivity index (χ3n) is 2.31. The fraction of sp³-hybridized carbons (Fsp3) is 0.333. The number of hydrogen-bond donors (Lipinski definition) is 2. The van der Waals surface area contributed by atoms with E-state index < -0.39 is 28.4 Å². The van der Waals surface area contributed by atoms with E-state index in [1.54, 1.807) is 18.2 Å². The molecule has 1 amide bonds. The lowest BCUT2D eigenvalue weighted by molar-refractivity contribution is -0.142. The molecule has 1 aromatic carbocycles. The highest BCUT2D eigenvalue weighted by molar-refractivity contribution is 14.1. The zero-order valence-electron chi connectivity index (χ0n) is 10.9. The Morgan fingerprint density at radius 3 is 2.67 bits per heavy atom. The lowest BCUT2D eigenvalue weighted by Crippen LogP contribution is -2.27. The summed E-state index contributed by atoms with van der Waals surface area (Å²) in [5.41, 5.74) is 0.488. The average molecular weight is 427 g/mol. The molecule has 0 saturated heterocycles. The lowest BCUT2D eigenvalue weighted by atomic mass is 10.2. The number of carbonyl (C=O) groups excluding carboxylic acids is 2. The van der Waals surface area contributed by atoms with Crippen LogP contribution >= 0.6 is 22.6 Å². The zero-order chi connectivity index (χ0) is 15.9. The molecule has 21 heavy (non-hydrogen) atoms. The molecule has 1 rings (SSSR count). The molecule has 0 aliphatic carbocycles. The van der Waals surface area contributed by atoms with Crippen molar-refractivity contribution in [2.75, 3.05) is 18.9 Å². The van der Waals surface area contributed by atoms with Gasteiger partial charge in [-0.25, -0.2) is 0 Å². The molecule has 1 aromatic rings. The number of benzene rings is 1. The van der Waals surface area contributed by atoms with Gasteiger partial charge in [0.2, 0.25) is 0 Å². The summed E-state index contributed by atoms with van der Waals surface area (Å²) in [5.74, 6) is -1.60. The molecular formula is C12H14INO6S. The predicted octanol–water partition coefficient (Wildman–Crippen LogP) is 0.842. The van der Waals surface area contributed by atoms with Gasteiger partial charge < -0.3 is 10.1 Å². The number of rotatable bonds is 7. The van der Waals surface area contributed by atoms with Crippen molar-refractivity contribution in [1.82, 2.24) is 5.32 Å². The van der Waals surface area contributed by atoms with E-state index in [0.29, 0.717) is 5.56 Å². The maximum atomic E-state index is 11.7. The highest BCUT2D eigenvalue weighted by atomic mass is 127. The summed E-state index contributed by atoms with van der Waals surface area (Å²) in [6, 6.07) is 6.96. The quantitative estimate of drug-likeness (QED) is 0.379. The van der Waals surface area contributed by atoms with E-state index in [4.69, 9.17) is 4.55 Å². The first kappa shape index (κ1) is 17.9. The number of carbonyl (C=O) groups is 2. The van der Waals surface area contributed by atoms with Gasteiger partial charge in [0.15, 0.2) is 0 Å². The van der Waals surface area contributed by atoms with Crippen LogP contribution in [0.25, 0.3) is 0 Å². The highest BCUT2D eigenvalue weighted by Crippen LogP contribution is 2.07. The van der Waals surface area contributed by atoms with Crippen molar-refractivity contribution in [2.45, 2.75) is 6.42 Å². The first-order valence-electron chi connectivity index (χ1n) is 5.92. The van der Waals surface area contributed by atoms with Crippen molar-refractivity contribution in [3.05, 3.63) is 33.4 Å². The molecule has 0 spiro atoms. The van der Waals surface area contributed by atoms with Gasteiger partial charge in [-0.05, 0) is 40.8 Å². The normalized spacial score (nSPS) is 11.0. The summed E-state index contributed by atoms with van der Waals surface area (Å²) < 4.78 is 34.8. The second-order valence-corrected chi connectivity index (χ2v) is 6.84. The minimum absolute atomic E-state index is 0.0784. The number of hydrogen-bond acceptors (Lipinski definition) is 5. The molecule has 7 nitrogen and oxygen atoms in total. The van der Waals surface area contributed by atoms with Gasteiger partial charge in [0, 0.05) is 15.7 Å². The number of halogens is 1. The molecule has 0 radical (unpaired) electrons. The molecular weight excluding hydrogens is 413 g/mol. The van der Waals surface area contributed by atoms with Crippen LogP contribution in [0.2, 0.25) is 0 Å². The Kier molecular flexibility index (Phi) is 7.05. The van der Waals surface area contributed by atoms with Crippen molar-refractivity contribution < 1.29 is 27.3 Å². The van der Waals surface area contributed by atoms with Crippen LogP contribution in [0.1, 0.15) is 16.8 Å². The smallest absolute Gasteiger partial charge is 0.307 e. The van der Waals surface area contributed by atoms with Gasteiger partial charge in [-0.2, -0.15) is 8.42 Å². The minimum atomic E-state index is -4.14. The Balaban J connectivity index is 2.27. The van der Waals surface area contributed by atoms with Crippen molar-refractivity contribution in [2.24, 2.45) is 0 Å². The van der Waals surface area contributed by atoms with Crippen LogP contribution in [0.15, 0.2) is 24.3 Å². The first-order chi connectivity index (χ1) is 9.78. The van der Waals surface area contributed by atoms with Crippen molar-refractivity contribution in [1.29, 1.82) is 0 Å². The molecule has 9 heteroatoms. The average Bonchev–Trinajstić information content (AvgIpc) is 2.37. The van der Waals surface area contributed by atoms with E-state index in [2.05, 4.69) is 32.6 Å². The van der Waals surface area contributed by atoms with E-state index in [1.807, 2.05) is 6.07 Å². The van der Waals surface area contributed by atoms with Crippen molar-refractivity contribution >= 4 is 44.6 Å². The second kappa shape index (κ2) is 8.29. The first-order valence-corrected chi connectivity index (χ1v) is 8.61. The Labute approximate surface area is 135 Å². The van der Waals surface area contributed by atoms with Gasteiger partial charge in [-0.1, -0.05) is 6.07 Å². The molecule has 0 fully saturated rings. The Hall–Kier alpha value is -1.20. The molecule has 0 aliphatic rings. The van der Waals surface area contributed by atoms with Gasteiger partial charge in [-0.15, -0.1) is 0 Å². The third kappa shape index (κ3) is 7.97. The van der Waals surface area contributed by atoms with E-state index in [-0.39, 0.29) is 18.9 Å². The van der Waals surface area contributed by atoms with E-state index in [0.717, 1.165) is 3.57 Å². The Morgan fingerprint density at radius 2 is 2.05 bits per heavy atom. The third-order valence-corrected chi connectivity index (χ3v) is 3.66. The summed E-state index contributed by atoms with van der Waals surface area (Å²) in [5, 5.41) is 2.55. The molecule has 0 unspecified atom stereocenters. The number of ether oxygens (including phenoxy) is 1. The van der Waals surface area contributed by atoms with Crippen molar-refractivity contribution in [3.63, 3.8) is 0 Å². The fourth-order valence-electron chi connectivity index (χ4n) is 1.34. The number of esters is 1. The van der Waals surface area contributed by atoms with E-state index in [9.17, 15) is 18.0 Å². The monoisotopic (exact) mass is 427 g/mol. The van der Waals surface area contributed by atoms with Crippen LogP contribution in [0.5, 0.6) is 0 Å². The summed E-state index contributed by atoms with van der Waals surface area (Å²) in [4.78, 5) is 23.0. The lowest BCUT2D eigenvalue weighted by Gasteiger charge is -2.06. The molecule has 0 heterocycles. The molecule has 0 saturated carbocycles. The molecule has 0 aromatic heterocycles. The Bertz CT molecular complexity index is 616. The SMILES string of the molecule is O=C(CCNC(=O)c1cccc(I)c1)OCCS(=O)(=O)O. The zero-order valence-corrected chi connectivity index (χ0v) is 13.9. The topological polar surface area (TPSA) is 110 Å². The maximum Gasteiger partial charge on any atom is 0.307 e.